The molecule has 3 fully saturated rings. The summed E-state index contributed by atoms with van der Waals surface area (Å²) in [6.07, 6.45) is 1.67. The number of halogens is 1. The number of rotatable bonds is 10. The molecule has 3 aliphatic rings. The number of aliphatic hydroxyl groups excluding tert-OH is 1. The minimum atomic E-state index is -1.12. The Morgan fingerprint density at radius 2 is 1.92 bits per heavy atom. The Morgan fingerprint density at radius 3 is 2.53 bits per heavy atom. The molecule has 9 heteroatoms. The molecule has 3 amide bonds. The van der Waals surface area contributed by atoms with Gasteiger partial charge in [-0.1, -0.05) is 73.5 Å². The van der Waals surface area contributed by atoms with Crippen LogP contribution >= 0.6 is 15.9 Å². The molecule has 2 bridgehead atoms. The highest BCUT2D eigenvalue weighted by Gasteiger charge is 2.77. The van der Waals surface area contributed by atoms with Gasteiger partial charge in [0.05, 0.1) is 30.6 Å². The number of alkyl halides is 1. The van der Waals surface area contributed by atoms with Gasteiger partial charge in [-0.15, -0.1) is 0 Å². The van der Waals surface area contributed by atoms with Gasteiger partial charge in [0, 0.05) is 17.4 Å². The third kappa shape index (κ3) is 4.58. The number of aliphatic hydroxyl groups is 1. The first kappa shape index (κ1) is 27.1. The molecule has 198 valence electrons. The topological polar surface area (TPSA) is 108 Å². The second kappa shape index (κ2) is 10.8. The fourth-order valence-corrected chi connectivity index (χ4v) is 7.32. The van der Waals surface area contributed by atoms with Crippen LogP contribution in [-0.4, -0.2) is 69.0 Å². The summed E-state index contributed by atoms with van der Waals surface area (Å²) >= 11 is 3.69. The Hall–Kier alpha value is -1.97. The zero-order valence-electron chi connectivity index (χ0n) is 21.4. The Morgan fingerprint density at radius 1 is 1.22 bits per heavy atom. The average Bonchev–Trinajstić information content (AvgIpc) is 3.42. The second-order valence-corrected chi connectivity index (χ2v) is 12.0. The molecule has 1 spiro atoms. The van der Waals surface area contributed by atoms with Gasteiger partial charge in [-0.2, -0.15) is 0 Å². The van der Waals surface area contributed by atoms with Crippen LogP contribution in [0.4, 0.5) is 0 Å². The number of nitrogens with one attached hydrogen (secondary N) is 2. The van der Waals surface area contributed by atoms with Crippen LogP contribution in [0, 0.1) is 17.8 Å². The monoisotopic (exact) mass is 563 g/mol. The minimum Gasteiger partial charge on any atom is -0.394 e. The highest BCUT2D eigenvalue weighted by Crippen LogP contribution is 2.60. The van der Waals surface area contributed by atoms with E-state index in [-0.39, 0.29) is 41.1 Å². The summed E-state index contributed by atoms with van der Waals surface area (Å²) in [6, 6.07) is 8.07. The summed E-state index contributed by atoms with van der Waals surface area (Å²) in [5.74, 6) is -2.40. The van der Waals surface area contributed by atoms with Gasteiger partial charge in [0.2, 0.25) is 17.7 Å². The SMILES string of the molecule is CCCC(C)NC(=O)C1N([C@@H](CO)C(C)C)C(=O)[C@@H]2[C@@H](C(=O)NCc3ccccc3)[C@@H]3OC12CC3Br. The van der Waals surface area contributed by atoms with Crippen molar-refractivity contribution in [3.05, 3.63) is 35.9 Å². The van der Waals surface area contributed by atoms with Gasteiger partial charge in [-0.3, -0.25) is 14.4 Å². The molecule has 3 heterocycles. The van der Waals surface area contributed by atoms with Gasteiger partial charge in [-0.05, 0) is 31.2 Å². The molecule has 8 atom stereocenters. The maximum Gasteiger partial charge on any atom is 0.246 e. The Bertz CT molecular complexity index is 975. The number of amides is 3. The summed E-state index contributed by atoms with van der Waals surface area (Å²) in [4.78, 5) is 42.7. The van der Waals surface area contributed by atoms with Gasteiger partial charge in [-0.25, -0.2) is 0 Å². The Labute approximate surface area is 221 Å². The van der Waals surface area contributed by atoms with E-state index in [2.05, 4.69) is 33.5 Å². The second-order valence-electron chi connectivity index (χ2n) is 10.8. The molecule has 0 aliphatic carbocycles. The lowest BCUT2D eigenvalue weighted by atomic mass is 9.70. The molecule has 36 heavy (non-hydrogen) atoms. The van der Waals surface area contributed by atoms with Gasteiger partial charge < -0.3 is 25.4 Å². The van der Waals surface area contributed by atoms with Crippen LogP contribution in [-0.2, 0) is 25.7 Å². The predicted octanol–water partition coefficient (Wildman–Crippen LogP) is 2.37. The van der Waals surface area contributed by atoms with Crippen LogP contribution in [0.1, 0.15) is 52.5 Å². The van der Waals surface area contributed by atoms with Crippen LogP contribution in [0.3, 0.4) is 0 Å². The highest BCUT2D eigenvalue weighted by molar-refractivity contribution is 9.09. The molecular weight excluding hydrogens is 526 g/mol. The van der Waals surface area contributed by atoms with E-state index >= 15 is 0 Å². The number of carbonyl (C=O) groups is 3. The van der Waals surface area contributed by atoms with Crippen LogP contribution in [0.2, 0.25) is 0 Å². The fraction of sp³-hybridized carbons (Fsp3) is 0.667. The van der Waals surface area contributed by atoms with Crippen LogP contribution in [0.25, 0.3) is 0 Å². The molecule has 4 unspecified atom stereocenters. The number of ether oxygens (including phenoxy) is 1. The van der Waals surface area contributed by atoms with Crippen molar-refractivity contribution in [1.82, 2.24) is 15.5 Å². The van der Waals surface area contributed by atoms with E-state index in [1.807, 2.05) is 51.1 Å². The predicted molar refractivity (Wildman–Crippen MR) is 139 cm³/mol. The van der Waals surface area contributed by atoms with Crippen molar-refractivity contribution in [2.75, 3.05) is 6.61 Å². The lowest BCUT2D eigenvalue weighted by Crippen LogP contribution is -2.60. The molecule has 1 aromatic carbocycles. The number of carbonyl (C=O) groups excluding carboxylic acids is 3. The zero-order valence-corrected chi connectivity index (χ0v) is 23.0. The van der Waals surface area contributed by atoms with Crippen LogP contribution in [0.15, 0.2) is 30.3 Å². The zero-order chi connectivity index (χ0) is 26.2. The summed E-state index contributed by atoms with van der Waals surface area (Å²) in [5, 5.41) is 16.3. The maximum absolute atomic E-state index is 14.1. The maximum atomic E-state index is 14.1. The molecule has 8 nitrogen and oxygen atoms in total. The lowest BCUT2D eigenvalue weighted by Gasteiger charge is -2.38. The third-order valence-corrected chi connectivity index (χ3v) is 8.86. The summed E-state index contributed by atoms with van der Waals surface area (Å²) < 4.78 is 6.52. The van der Waals surface area contributed by atoms with Crippen molar-refractivity contribution in [1.29, 1.82) is 0 Å². The normalized spacial score (nSPS) is 32.5. The van der Waals surface area contributed by atoms with Gasteiger partial charge in [0.1, 0.15) is 11.6 Å². The standard InChI is InChI=1S/C27H38BrN3O5/c1-5-9-16(4)30-25(34)23-27-12-18(28)22(36-27)20(24(33)29-13-17-10-7-6-8-11-17)21(27)26(35)31(23)19(14-32)15(2)3/h6-8,10-11,15-16,18-23,32H,5,9,12-14H2,1-4H3,(H,29,33)(H,30,34)/t16?,18?,19-,20+,21-,22+,23?,27?/m0/s1. The van der Waals surface area contributed by atoms with E-state index < -0.39 is 35.6 Å². The Kier molecular flexibility index (Phi) is 8.12. The molecule has 0 aromatic heterocycles. The van der Waals surface area contributed by atoms with E-state index in [0.29, 0.717) is 13.0 Å². The van der Waals surface area contributed by atoms with Crippen LogP contribution < -0.4 is 10.6 Å². The quantitative estimate of drug-likeness (QED) is 0.379. The third-order valence-electron chi connectivity index (χ3n) is 8.01. The lowest BCUT2D eigenvalue weighted by molar-refractivity contribution is -0.147. The van der Waals surface area contributed by atoms with Crippen LogP contribution in [0.5, 0.6) is 0 Å². The first-order valence-electron chi connectivity index (χ1n) is 13.0. The van der Waals surface area contributed by atoms with Crippen molar-refractivity contribution >= 4 is 33.7 Å². The van der Waals surface area contributed by atoms with E-state index in [9.17, 15) is 19.5 Å². The molecule has 3 saturated heterocycles. The molecule has 0 saturated carbocycles. The summed E-state index contributed by atoms with van der Waals surface area (Å²) in [6.45, 7) is 7.92. The smallest absolute Gasteiger partial charge is 0.246 e. The van der Waals surface area contributed by atoms with E-state index in [1.54, 1.807) is 0 Å². The molecule has 3 N–H and O–H groups in total. The fourth-order valence-electron chi connectivity index (χ4n) is 6.37. The largest absolute Gasteiger partial charge is 0.394 e. The van der Waals surface area contributed by atoms with Crippen molar-refractivity contribution in [3.8, 4) is 0 Å². The number of hydrogen-bond donors (Lipinski definition) is 3. The number of benzene rings is 1. The van der Waals surface area contributed by atoms with Crippen molar-refractivity contribution in [2.45, 2.75) is 88.2 Å². The minimum absolute atomic E-state index is 0.0649. The highest BCUT2D eigenvalue weighted by atomic mass is 79.9. The molecule has 0 radical (unpaired) electrons. The van der Waals surface area contributed by atoms with Crippen molar-refractivity contribution < 1.29 is 24.2 Å². The average molecular weight is 565 g/mol. The number of fused-ring (bicyclic) bond motifs is 1. The first-order chi connectivity index (χ1) is 17.2. The van der Waals surface area contributed by atoms with Gasteiger partial charge in [0.25, 0.3) is 0 Å². The molecule has 1 aromatic rings. The Balaban J connectivity index is 1.68. The first-order valence-corrected chi connectivity index (χ1v) is 13.9. The molecule has 4 rings (SSSR count). The number of likely N-dealkylation sites (tertiary alicyclic amines) is 1. The van der Waals surface area contributed by atoms with Gasteiger partial charge >= 0.3 is 0 Å². The van der Waals surface area contributed by atoms with E-state index in [1.165, 1.54) is 4.90 Å². The summed E-state index contributed by atoms with van der Waals surface area (Å²) in [7, 11) is 0. The molecular formula is C27H38BrN3O5. The van der Waals surface area contributed by atoms with Gasteiger partial charge in [0.15, 0.2) is 0 Å². The number of nitrogens with zero attached hydrogens (tertiary/aromatic N) is 1. The summed E-state index contributed by atoms with van der Waals surface area (Å²) in [5.41, 5.74) is -0.162. The van der Waals surface area contributed by atoms with E-state index in [0.717, 1.165) is 18.4 Å². The number of hydrogen-bond acceptors (Lipinski definition) is 5. The van der Waals surface area contributed by atoms with Crippen molar-refractivity contribution in [2.24, 2.45) is 17.8 Å². The molecule has 3 aliphatic heterocycles. The van der Waals surface area contributed by atoms with E-state index in [4.69, 9.17) is 4.74 Å². The van der Waals surface area contributed by atoms with Crippen molar-refractivity contribution in [3.63, 3.8) is 0 Å².